The summed E-state index contributed by atoms with van der Waals surface area (Å²) in [6, 6.07) is 18.3. The molecule has 110 valence electrons. The van der Waals surface area contributed by atoms with E-state index in [1.165, 1.54) is 17.3 Å². The van der Waals surface area contributed by atoms with E-state index in [9.17, 15) is 4.79 Å². The maximum Gasteiger partial charge on any atom is 0.326 e. The zero-order valence-corrected chi connectivity index (χ0v) is 13.4. The summed E-state index contributed by atoms with van der Waals surface area (Å²) >= 11 is 1.50. The van der Waals surface area contributed by atoms with Gasteiger partial charge in [0.25, 0.3) is 0 Å². The summed E-state index contributed by atoms with van der Waals surface area (Å²) in [7, 11) is 0. The third kappa shape index (κ3) is 3.30. The minimum absolute atomic E-state index is 0.190. The summed E-state index contributed by atoms with van der Waals surface area (Å²) in [6.07, 6.45) is 1.93. The summed E-state index contributed by atoms with van der Waals surface area (Å²) in [5.41, 5.74) is 3.28. The first-order chi connectivity index (χ1) is 10.1. The normalized spacial score (nSPS) is 13.5. The molecule has 0 saturated heterocycles. The molecule has 0 saturated carbocycles. The van der Waals surface area contributed by atoms with Crippen LogP contribution in [0.5, 0.6) is 0 Å². The van der Waals surface area contributed by atoms with E-state index in [4.69, 9.17) is 4.74 Å². The highest BCUT2D eigenvalue weighted by atomic mass is 32.2. The Morgan fingerprint density at radius 3 is 2.14 bits per heavy atom. The van der Waals surface area contributed by atoms with Crippen LogP contribution < -0.4 is 0 Å². The Morgan fingerprint density at radius 1 is 1.05 bits per heavy atom. The first-order valence-electron chi connectivity index (χ1n) is 7.00. The SMILES string of the molecule is CCOC(=O)C(C)(SC)c1ccc(-c2ccccc2)cc1. The standard InChI is InChI=1S/C18H20O2S/c1-4-20-17(19)18(2,21-3)16-12-10-15(11-13-16)14-8-6-5-7-9-14/h5-13H,4H2,1-3H3. The van der Waals surface area contributed by atoms with Crippen molar-refractivity contribution in [2.45, 2.75) is 18.6 Å². The van der Waals surface area contributed by atoms with E-state index in [0.717, 1.165) is 11.1 Å². The summed E-state index contributed by atoms with van der Waals surface area (Å²) in [6.45, 7) is 4.14. The number of thioether (sulfide) groups is 1. The van der Waals surface area contributed by atoms with Crippen molar-refractivity contribution in [3.63, 3.8) is 0 Å². The smallest absolute Gasteiger partial charge is 0.326 e. The van der Waals surface area contributed by atoms with Crippen molar-refractivity contribution in [3.8, 4) is 11.1 Å². The fourth-order valence-electron chi connectivity index (χ4n) is 2.20. The van der Waals surface area contributed by atoms with E-state index in [1.54, 1.807) is 0 Å². The Balaban J connectivity index is 2.31. The second kappa shape index (κ2) is 6.81. The zero-order chi connectivity index (χ0) is 15.3. The number of carbonyl (C=O) groups is 1. The van der Waals surface area contributed by atoms with Crippen LogP contribution in [0.15, 0.2) is 54.6 Å². The van der Waals surface area contributed by atoms with Crippen molar-refractivity contribution >= 4 is 17.7 Å². The lowest BCUT2D eigenvalue weighted by molar-refractivity contribution is -0.145. The lowest BCUT2D eigenvalue weighted by atomic mass is 9.97. The van der Waals surface area contributed by atoms with E-state index >= 15 is 0 Å². The van der Waals surface area contributed by atoms with Crippen molar-refractivity contribution in [1.29, 1.82) is 0 Å². The molecule has 2 rings (SSSR count). The van der Waals surface area contributed by atoms with Crippen LogP contribution in [-0.4, -0.2) is 18.8 Å². The molecular weight excluding hydrogens is 280 g/mol. The minimum atomic E-state index is -0.661. The van der Waals surface area contributed by atoms with Crippen molar-refractivity contribution in [2.75, 3.05) is 12.9 Å². The Hall–Kier alpha value is -1.74. The lowest BCUT2D eigenvalue weighted by Crippen LogP contribution is -2.30. The van der Waals surface area contributed by atoms with Crippen LogP contribution in [0.2, 0.25) is 0 Å². The highest BCUT2D eigenvalue weighted by Gasteiger charge is 2.35. The molecule has 0 N–H and O–H groups in total. The average molecular weight is 300 g/mol. The number of hydrogen-bond donors (Lipinski definition) is 0. The molecule has 0 aromatic heterocycles. The molecule has 0 radical (unpaired) electrons. The number of rotatable bonds is 5. The van der Waals surface area contributed by atoms with Gasteiger partial charge in [-0.25, -0.2) is 0 Å². The predicted molar refractivity (Wildman–Crippen MR) is 89.4 cm³/mol. The number of hydrogen-bond acceptors (Lipinski definition) is 3. The molecule has 0 aliphatic rings. The van der Waals surface area contributed by atoms with E-state index in [0.29, 0.717) is 6.61 Å². The lowest BCUT2D eigenvalue weighted by Gasteiger charge is -2.25. The molecule has 1 atom stereocenters. The van der Waals surface area contributed by atoms with Crippen LogP contribution in [0.25, 0.3) is 11.1 Å². The van der Waals surface area contributed by atoms with Crippen LogP contribution in [0.3, 0.4) is 0 Å². The van der Waals surface area contributed by atoms with Gasteiger partial charge < -0.3 is 4.74 Å². The zero-order valence-electron chi connectivity index (χ0n) is 12.6. The third-order valence-electron chi connectivity index (χ3n) is 3.62. The van der Waals surface area contributed by atoms with Gasteiger partial charge >= 0.3 is 5.97 Å². The number of esters is 1. The summed E-state index contributed by atoms with van der Waals surface area (Å²) in [5.74, 6) is -0.190. The Kier molecular flexibility index (Phi) is 5.07. The molecule has 0 aliphatic carbocycles. The van der Waals surface area contributed by atoms with Gasteiger partial charge in [0, 0.05) is 0 Å². The molecule has 3 heteroatoms. The molecule has 0 bridgehead atoms. The van der Waals surface area contributed by atoms with Crippen LogP contribution >= 0.6 is 11.8 Å². The minimum Gasteiger partial charge on any atom is -0.465 e. The second-order valence-corrected chi connectivity index (χ2v) is 6.13. The first kappa shape index (κ1) is 15.6. The number of carbonyl (C=O) groups excluding carboxylic acids is 1. The summed E-state index contributed by atoms with van der Waals surface area (Å²) in [5, 5.41) is 0. The van der Waals surface area contributed by atoms with Crippen molar-refractivity contribution in [1.82, 2.24) is 0 Å². The first-order valence-corrected chi connectivity index (χ1v) is 8.22. The second-order valence-electron chi connectivity index (χ2n) is 4.90. The molecule has 0 amide bonds. The van der Waals surface area contributed by atoms with Gasteiger partial charge in [-0.05, 0) is 36.8 Å². The highest BCUT2D eigenvalue weighted by Crippen LogP contribution is 2.36. The Bertz CT molecular complexity index is 592. The van der Waals surface area contributed by atoms with E-state index in [1.807, 2.05) is 50.4 Å². The molecule has 21 heavy (non-hydrogen) atoms. The van der Waals surface area contributed by atoms with Crippen LogP contribution in [-0.2, 0) is 14.3 Å². The molecule has 2 aromatic rings. The van der Waals surface area contributed by atoms with Crippen LogP contribution in [0.4, 0.5) is 0 Å². The average Bonchev–Trinajstić information content (AvgIpc) is 2.55. The fourth-order valence-corrected chi connectivity index (χ4v) is 2.80. The van der Waals surface area contributed by atoms with Gasteiger partial charge in [0.1, 0.15) is 4.75 Å². The Morgan fingerprint density at radius 2 is 1.62 bits per heavy atom. The van der Waals surface area contributed by atoms with Crippen LogP contribution in [0, 0.1) is 0 Å². The molecule has 0 heterocycles. The molecule has 2 aromatic carbocycles. The van der Waals surface area contributed by atoms with Crippen LogP contribution in [0.1, 0.15) is 19.4 Å². The van der Waals surface area contributed by atoms with Gasteiger partial charge in [0.2, 0.25) is 0 Å². The maximum atomic E-state index is 12.2. The van der Waals surface area contributed by atoms with Gasteiger partial charge in [-0.2, -0.15) is 0 Å². The quantitative estimate of drug-likeness (QED) is 0.761. The summed E-state index contributed by atoms with van der Waals surface area (Å²) < 4.78 is 4.55. The largest absolute Gasteiger partial charge is 0.465 e. The van der Waals surface area contributed by atoms with Crippen molar-refractivity contribution in [3.05, 3.63) is 60.2 Å². The third-order valence-corrected chi connectivity index (χ3v) is 4.83. The molecule has 0 aliphatic heterocycles. The Labute approximate surface area is 130 Å². The van der Waals surface area contributed by atoms with Crippen molar-refractivity contribution in [2.24, 2.45) is 0 Å². The van der Waals surface area contributed by atoms with Gasteiger partial charge in [-0.1, -0.05) is 54.6 Å². The molecule has 2 nitrogen and oxygen atoms in total. The topological polar surface area (TPSA) is 26.3 Å². The van der Waals surface area contributed by atoms with E-state index in [-0.39, 0.29) is 5.97 Å². The molecular formula is C18H20O2S. The fraction of sp³-hybridized carbons (Fsp3) is 0.278. The molecule has 1 unspecified atom stereocenters. The molecule has 0 fully saturated rings. The van der Waals surface area contributed by atoms with Gasteiger partial charge in [0.05, 0.1) is 6.61 Å². The maximum absolute atomic E-state index is 12.2. The highest BCUT2D eigenvalue weighted by molar-refractivity contribution is 8.00. The number of benzene rings is 2. The summed E-state index contributed by atoms with van der Waals surface area (Å²) in [4.78, 5) is 12.2. The van der Waals surface area contributed by atoms with Gasteiger partial charge in [-0.3, -0.25) is 4.79 Å². The van der Waals surface area contributed by atoms with E-state index < -0.39 is 4.75 Å². The van der Waals surface area contributed by atoms with Gasteiger partial charge in [-0.15, -0.1) is 11.8 Å². The monoisotopic (exact) mass is 300 g/mol. The number of ether oxygens (including phenoxy) is 1. The molecule has 0 spiro atoms. The van der Waals surface area contributed by atoms with Gasteiger partial charge in [0.15, 0.2) is 0 Å². The van der Waals surface area contributed by atoms with E-state index in [2.05, 4.69) is 24.3 Å². The van der Waals surface area contributed by atoms with Crippen molar-refractivity contribution < 1.29 is 9.53 Å². The predicted octanol–water partition coefficient (Wildman–Crippen LogP) is 4.49.